The van der Waals surface area contributed by atoms with E-state index >= 15 is 0 Å². The maximum Gasteiger partial charge on any atom is 0.180 e. The van der Waals surface area contributed by atoms with E-state index in [1.807, 2.05) is 19.1 Å². The molecule has 0 bridgehead atoms. The number of nitrogens with two attached hydrogens (primary N) is 1. The maximum absolute atomic E-state index is 11.9. The normalized spacial score (nSPS) is 18.8. The molecule has 2 N–H and O–H groups in total. The number of aryl methyl sites for hydroxylation is 1. The Labute approximate surface area is 90.2 Å². The first kappa shape index (κ1) is 10.6. The van der Waals surface area contributed by atoms with E-state index in [0.717, 1.165) is 18.4 Å². The van der Waals surface area contributed by atoms with Gasteiger partial charge in [-0.05, 0) is 31.9 Å². The van der Waals surface area contributed by atoms with Crippen molar-refractivity contribution in [2.75, 3.05) is 5.75 Å². The molecule has 3 nitrogen and oxygen atoms in total. The van der Waals surface area contributed by atoms with E-state index in [2.05, 4.69) is 0 Å². The van der Waals surface area contributed by atoms with Gasteiger partial charge in [-0.1, -0.05) is 17.7 Å². The van der Waals surface area contributed by atoms with Gasteiger partial charge in [-0.25, -0.2) is 8.42 Å². The second kappa shape index (κ2) is 3.32. The fourth-order valence-corrected chi connectivity index (χ4v) is 3.28. The maximum atomic E-state index is 11.9. The highest BCUT2D eigenvalue weighted by Crippen LogP contribution is 2.35. The molecule has 82 valence electrons. The lowest BCUT2D eigenvalue weighted by Crippen LogP contribution is -2.31. The minimum Gasteiger partial charge on any atom is -0.324 e. The van der Waals surface area contributed by atoms with Crippen molar-refractivity contribution in [2.45, 2.75) is 30.2 Å². The van der Waals surface area contributed by atoms with Crippen LogP contribution in [0.4, 0.5) is 0 Å². The Balaban J connectivity index is 2.25. The molecule has 0 heterocycles. The van der Waals surface area contributed by atoms with E-state index in [1.54, 1.807) is 12.1 Å². The summed E-state index contributed by atoms with van der Waals surface area (Å²) in [5.74, 6) is 0.0725. The van der Waals surface area contributed by atoms with Gasteiger partial charge in [0.2, 0.25) is 0 Å². The highest BCUT2D eigenvalue weighted by molar-refractivity contribution is 7.91. The van der Waals surface area contributed by atoms with Crippen LogP contribution in [0.15, 0.2) is 29.2 Å². The molecule has 0 aliphatic heterocycles. The molecule has 0 amide bonds. The third-order valence-corrected chi connectivity index (χ3v) is 4.70. The Morgan fingerprint density at radius 1 is 1.27 bits per heavy atom. The molecule has 0 atom stereocenters. The summed E-state index contributed by atoms with van der Waals surface area (Å²) in [6.45, 7) is 1.93. The van der Waals surface area contributed by atoms with Gasteiger partial charge in [0.05, 0.1) is 10.6 Å². The highest BCUT2D eigenvalue weighted by Gasteiger charge is 2.42. The van der Waals surface area contributed by atoms with Gasteiger partial charge in [-0.15, -0.1) is 0 Å². The molecular formula is C11H15NO2S. The predicted octanol–water partition coefficient (Wildman–Crippen LogP) is 1.26. The summed E-state index contributed by atoms with van der Waals surface area (Å²) in [6, 6.07) is 6.92. The average molecular weight is 225 g/mol. The molecule has 0 radical (unpaired) electrons. The molecule has 1 aliphatic rings. The van der Waals surface area contributed by atoms with E-state index < -0.39 is 15.4 Å². The fourth-order valence-electron chi connectivity index (χ4n) is 1.51. The minimum atomic E-state index is -3.20. The highest BCUT2D eigenvalue weighted by atomic mass is 32.2. The summed E-state index contributed by atoms with van der Waals surface area (Å²) in [5.41, 5.74) is 6.42. The quantitative estimate of drug-likeness (QED) is 0.842. The van der Waals surface area contributed by atoms with Crippen molar-refractivity contribution < 1.29 is 8.42 Å². The molecule has 1 saturated carbocycles. The Morgan fingerprint density at radius 2 is 1.80 bits per heavy atom. The predicted molar refractivity (Wildman–Crippen MR) is 59.4 cm³/mol. The summed E-state index contributed by atoms with van der Waals surface area (Å²) in [7, 11) is -3.20. The topological polar surface area (TPSA) is 60.2 Å². The van der Waals surface area contributed by atoms with E-state index in [4.69, 9.17) is 5.73 Å². The monoisotopic (exact) mass is 225 g/mol. The molecule has 0 unspecified atom stereocenters. The summed E-state index contributed by atoms with van der Waals surface area (Å²) in [6.07, 6.45) is 1.64. The molecule has 1 aromatic carbocycles. The Bertz CT molecular complexity index is 458. The Morgan fingerprint density at radius 3 is 2.27 bits per heavy atom. The zero-order valence-electron chi connectivity index (χ0n) is 8.73. The van der Waals surface area contributed by atoms with Gasteiger partial charge in [-0.3, -0.25) is 0 Å². The van der Waals surface area contributed by atoms with Crippen LogP contribution in [0, 0.1) is 6.92 Å². The average Bonchev–Trinajstić information content (AvgIpc) is 2.82. The van der Waals surface area contributed by atoms with Crippen LogP contribution in [0.5, 0.6) is 0 Å². The first-order valence-electron chi connectivity index (χ1n) is 5.00. The van der Waals surface area contributed by atoms with Crippen LogP contribution >= 0.6 is 0 Å². The zero-order valence-corrected chi connectivity index (χ0v) is 9.55. The van der Waals surface area contributed by atoms with Crippen LogP contribution in [0.1, 0.15) is 18.4 Å². The van der Waals surface area contributed by atoms with Crippen molar-refractivity contribution in [3.63, 3.8) is 0 Å². The van der Waals surface area contributed by atoms with E-state index in [1.165, 1.54) is 0 Å². The molecular weight excluding hydrogens is 210 g/mol. The summed E-state index contributed by atoms with van der Waals surface area (Å²) in [5, 5.41) is 0. The number of hydrogen-bond donors (Lipinski definition) is 1. The second-order valence-corrected chi connectivity index (χ2v) is 6.42. The van der Waals surface area contributed by atoms with E-state index in [-0.39, 0.29) is 5.75 Å². The number of rotatable bonds is 3. The third-order valence-electron chi connectivity index (χ3n) is 2.75. The van der Waals surface area contributed by atoms with Gasteiger partial charge in [0.15, 0.2) is 9.84 Å². The lowest BCUT2D eigenvalue weighted by Gasteiger charge is -2.09. The van der Waals surface area contributed by atoms with Crippen molar-refractivity contribution in [3.8, 4) is 0 Å². The Hall–Kier alpha value is -0.870. The lowest BCUT2D eigenvalue weighted by atomic mass is 10.2. The second-order valence-electron chi connectivity index (χ2n) is 4.43. The summed E-state index contributed by atoms with van der Waals surface area (Å²) >= 11 is 0. The molecule has 0 spiro atoms. The first-order chi connectivity index (χ1) is 6.91. The lowest BCUT2D eigenvalue weighted by molar-refractivity contribution is 0.585. The minimum absolute atomic E-state index is 0.0725. The van der Waals surface area contributed by atoms with E-state index in [0.29, 0.717) is 4.90 Å². The summed E-state index contributed by atoms with van der Waals surface area (Å²) in [4.78, 5) is 0.379. The van der Waals surface area contributed by atoms with Gasteiger partial charge in [0, 0.05) is 5.54 Å². The van der Waals surface area contributed by atoms with Crippen LogP contribution in [0.2, 0.25) is 0 Å². The van der Waals surface area contributed by atoms with Crippen molar-refractivity contribution in [3.05, 3.63) is 29.8 Å². The van der Waals surface area contributed by atoms with Gasteiger partial charge in [0.25, 0.3) is 0 Å². The van der Waals surface area contributed by atoms with Crippen LogP contribution in [-0.2, 0) is 9.84 Å². The molecule has 4 heteroatoms. The van der Waals surface area contributed by atoms with Gasteiger partial charge in [0.1, 0.15) is 0 Å². The molecule has 1 aliphatic carbocycles. The van der Waals surface area contributed by atoms with Crippen molar-refractivity contribution in [2.24, 2.45) is 5.73 Å². The van der Waals surface area contributed by atoms with E-state index in [9.17, 15) is 8.42 Å². The number of sulfone groups is 1. The third kappa shape index (κ3) is 2.38. The van der Waals surface area contributed by atoms with Gasteiger partial charge < -0.3 is 5.73 Å². The standard InChI is InChI=1S/C11H15NO2S/c1-9-2-4-10(5-3-9)15(13,14)8-11(12)6-7-11/h2-5H,6-8,12H2,1H3. The number of hydrogen-bond acceptors (Lipinski definition) is 3. The molecule has 2 rings (SSSR count). The smallest absolute Gasteiger partial charge is 0.180 e. The summed E-state index contributed by atoms with van der Waals surface area (Å²) < 4.78 is 23.8. The van der Waals surface area contributed by atoms with Crippen LogP contribution in [0.3, 0.4) is 0 Å². The van der Waals surface area contributed by atoms with Crippen LogP contribution < -0.4 is 5.73 Å². The van der Waals surface area contributed by atoms with Crippen LogP contribution in [-0.4, -0.2) is 19.7 Å². The van der Waals surface area contributed by atoms with Crippen molar-refractivity contribution in [1.82, 2.24) is 0 Å². The molecule has 0 aromatic heterocycles. The first-order valence-corrected chi connectivity index (χ1v) is 6.65. The SMILES string of the molecule is Cc1ccc(S(=O)(=O)CC2(N)CC2)cc1. The number of benzene rings is 1. The Kier molecular flexibility index (Phi) is 2.35. The molecule has 15 heavy (non-hydrogen) atoms. The van der Waals surface area contributed by atoms with Crippen LogP contribution in [0.25, 0.3) is 0 Å². The largest absolute Gasteiger partial charge is 0.324 e. The molecule has 1 aromatic rings. The fraction of sp³-hybridized carbons (Fsp3) is 0.455. The molecule has 1 fully saturated rings. The molecule has 0 saturated heterocycles. The van der Waals surface area contributed by atoms with Gasteiger partial charge >= 0.3 is 0 Å². The van der Waals surface area contributed by atoms with Gasteiger partial charge in [-0.2, -0.15) is 0 Å². The zero-order chi connectivity index (χ0) is 11.1. The van der Waals surface area contributed by atoms with Crippen molar-refractivity contribution >= 4 is 9.84 Å². The van der Waals surface area contributed by atoms with Crippen molar-refractivity contribution in [1.29, 1.82) is 0 Å².